The van der Waals surface area contributed by atoms with Crippen molar-refractivity contribution in [3.8, 4) is 5.69 Å². The number of aromatic carboxylic acids is 1. The molecule has 0 bridgehead atoms. The lowest BCUT2D eigenvalue weighted by atomic mass is 10.2. The van der Waals surface area contributed by atoms with Gasteiger partial charge >= 0.3 is 5.97 Å². The summed E-state index contributed by atoms with van der Waals surface area (Å²) >= 11 is 0. The molecule has 1 aromatic heterocycles. The predicted octanol–water partition coefficient (Wildman–Crippen LogP) is 2.83. The van der Waals surface area contributed by atoms with Gasteiger partial charge in [-0.05, 0) is 31.0 Å². The number of carboxylic acids is 1. The van der Waals surface area contributed by atoms with E-state index in [4.69, 9.17) is 5.11 Å². The molecule has 1 heterocycles. The van der Waals surface area contributed by atoms with E-state index in [9.17, 15) is 9.59 Å². The summed E-state index contributed by atoms with van der Waals surface area (Å²) in [6, 6.07) is 10.3. The Morgan fingerprint density at radius 1 is 1.24 bits per heavy atom. The molecule has 21 heavy (non-hydrogen) atoms. The third-order valence-corrected chi connectivity index (χ3v) is 3.16. The van der Waals surface area contributed by atoms with Crippen LogP contribution in [0.25, 0.3) is 5.69 Å². The molecular weight excluding hydrogens is 268 g/mol. The second-order valence-corrected chi connectivity index (χ2v) is 4.61. The van der Waals surface area contributed by atoms with Crippen LogP contribution in [-0.4, -0.2) is 20.9 Å². The Hall–Kier alpha value is -2.43. The van der Waals surface area contributed by atoms with Gasteiger partial charge in [-0.3, -0.25) is 4.79 Å². The van der Waals surface area contributed by atoms with Gasteiger partial charge in [0.25, 0.3) is 5.56 Å². The Morgan fingerprint density at radius 3 is 2.38 bits per heavy atom. The molecule has 1 N–H and O–H groups in total. The third-order valence-electron chi connectivity index (χ3n) is 3.16. The molecule has 0 atom stereocenters. The quantitative estimate of drug-likeness (QED) is 0.941. The summed E-state index contributed by atoms with van der Waals surface area (Å²) in [6.45, 7) is 4.00. The zero-order valence-corrected chi connectivity index (χ0v) is 12.1. The van der Waals surface area contributed by atoms with Gasteiger partial charge in [-0.15, -0.1) is 0 Å². The average Bonchev–Trinajstić information content (AvgIpc) is 3.35. The average molecular weight is 286 g/mol. The number of carbonyl (C=O) groups is 1. The van der Waals surface area contributed by atoms with Gasteiger partial charge in [0.15, 0.2) is 0 Å². The van der Waals surface area contributed by atoms with Gasteiger partial charge in [-0.1, -0.05) is 32.0 Å². The number of hydrogen-bond donors (Lipinski definition) is 1. The molecule has 5 nitrogen and oxygen atoms in total. The van der Waals surface area contributed by atoms with Crippen molar-refractivity contribution in [3.63, 3.8) is 0 Å². The number of carboxylic acid groups (broad SMARTS) is 1. The molecule has 0 aliphatic heterocycles. The number of para-hydroxylation sites is 1. The second kappa shape index (κ2) is 6.35. The van der Waals surface area contributed by atoms with Crippen LogP contribution in [0.15, 0.2) is 41.2 Å². The van der Waals surface area contributed by atoms with E-state index in [1.54, 1.807) is 24.3 Å². The molecule has 0 unspecified atom stereocenters. The van der Waals surface area contributed by atoms with Crippen LogP contribution in [0.2, 0.25) is 0 Å². The van der Waals surface area contributed by atoms with Gasteiger partial charge in [0.05, 0.1) is 11.4 Å². The number of nitrogens with zero attached hydrogens (tertiary/aromatic N) is 2. The summed E-state index contributed by atoms with van der Waals surface area (Å²) in [5, 5.41) is 13.4. The molecule has 110 valence electrons. The van der Waals surface area contributed by atoms with Crippen LogP contribution in [0.1, 0.15) is 48.7 Å². The highest BCUT2D eigenvalue weighted by atomic mass is 16.4. The molecule has 1 aliphatic carbocycles. The Kier molecular flexibility index (Phi) is 4.52. The van der Waals surface area contributed by atoms with Gasteiger partial charge in [-0.25, -0.2) is 4.79 Å². The van der Waals surface area contributed by atoms with E-state index in [1.807, 2.05) is 19.9 Å². The fourth-order valence-electron chi connectivity index (χ4n) is 1.99. The molecule has 1 aliphatic rings. The van der Waals surface area contributed by atoms with Crippen molar-refractivity contribution in [2.24, 2.45) is 0 Å². The predicted molar refractivity (Wildman–Crippen MR) is 80.1 cm³/mol. The van der Waals surface area contributed by atoms with Gasteiger partial charge in [-0.2, -0.15) is 9.78 Å². The molecule has 0 radical (unpaired) electrons. The highest BCUT2D eigenvalue weighted by Crippen LogP contribution is 2.38. The maximum atomic E-state index is 12.1. The molecule has 1 aromatic carbocycles. The van der Waals surface area contributed by atoms with E-state index in [0.717, 1.165) is 12.8 Å². The van der Waals surface area contributed by atoms with Crippen LogP contribution in [0, 0.1) is 0 Å². The molecule has 3 rings (SSSR count). The topological polar surface area (TPSA) is 72.2 Å². The molecule has 1 saturated carbocycles. The molecule has 1 fully saturated rings. The fraction of sp³-hybridized carbons (Fsp3) is 0.312. The molecule has 0 spiro atoms. The molecule has 0 saturated heterocycles. The molecule has 5 heteroatoms. The van der Waals surface area contributed by atoms with E-state index in [0.29, 0.717) is 11.4 Å². The summed E-state index contributed by atoms with van der Waals surface area (Å²) in [6.07, 6.45) is 2.00. The van der Waals surface area contributed by atoms with Crippen LogP contribution >= 0.6 is 0 Å². The Bertz CT molecular complexity index is 688. The summed E-state index contributed by atoms with van der Waals surface area (Å²) in [7, 11) is 0. The van der Waals surface area contributed by atoms with E-state index in [1.165, 1.54) is 10.7 Å². The maximum Gasteiger partial charge on any atom is 0.341 e. The molecule has 2 aromatic rings. The zero-order valence-electron chi connectivity index (χ0n) is 12.1. The summed E-state index contributed by atoms with van der Waals surface area (Å²) in [5.74, 6) is -0.923. The van der Waals surface area contributed by atoms with Crippen LogP contribution < -0.4 is 5.56 Å². The number of benzene rings is 1. The van der Waals surface area contributed by atoms with Crippen molar-refractivity contribution in [1.82, 2.24) is 9.78 Å². The Balaban J connectivity index is 0.000000774. The number of hydrogen-bond acceptors (Lipinski definition) is 3. The van der Waals surface area contributed by atoms with E-state index in [2.05, 4.69) is 5.10 Å². The smallest absolute Gasteiger partial charge is 0.341 e. The Morgan fingerprint density at radius 2 is 1.86 bits per heavy atom. The first-order valence-electron chi connectivity index (χ1n) is 7.10. The first-order valence-corrected chi connectivity index (χ1v) is 7.10. The monoisotopic (exact) mass is 286 g/mol. The van der Waals surface area contributed by atoms with Crippen LogP contribution in [0.4, 0.5) is 0 Å². The minimum atomic E-state index is -1.21. The van der Waals surface area contributed by atoms with E-state index >= 15 is 0 Å². The minimum Gasteiger partial charge on any atom is -0.477 e. The third kappa shape index (κ3) is 3.18. The first-order chi connectivity index (χ1) is 10.2. The highest BCUT2D eigenvalue weighted by Gasteiger charge is 2.28. The van der Waals surface area contributed by atoms with Gasteiger partial charge < -0.3 is 5.11 Å². The summed E-state index contributed by atoms with van der Waals surface area (Å²) in [5.41, 5.74) is 0.446. The lowest BCUT2D eigenvalue weighted by molar-refractivity contribution is 0.0694. The van der Waals surface area contributed by atoms with Crippen molar-refractivity contribution in [3.05, 3.63) is 58.0 Å². The van der Waals surface area contributed by atoms with Gasteiger partial charge in [0.2, 0.25) is 0 Å². The van der Waals surface area contributed by atoms with E-state index < -0.39 is 11.5 Å². The fourth-order valence-corrected chi connectivity index (χ4v) is 1.99. The van der Waals surface area contributed by atoms with Crippen molar-refractivity contribution >= 4 is 5.97 Å². The standard InChI is InChI=1S/C14H12N2O3.C2H6/c17-13-11(14(18)19)8-12(9-6-7-9)15-16(13)10-4-2-1-3-5-10;1-2/h1-5,8-9H,6-7H2,(H,18,19);1-2H3. The second-order valence-electron chi connectivity index (χ2n) is 4.61. The van der Waals surface area contributed by atoms with Crippen LogP contribution in [-0.2, 0) is 0 Å². The van der Waals surface area contributed by atoms with E-state index in [-0.39, 0.29) is 11.5 Å². The van der Waals surface area contributed by atoms with Crippen molar-refractivity contribution in [2.45, 2.75) is 32.6 Å². The Labute approximate surface area is 122 Å². The van der Waals surface area contributed by atoms with Crippen molar-refractivity contribution in [1.29, 1.82) is 0 Å². The number of rotatable bonds is 3. The summed E-state index contributed by atoms with van der Waals surface area (Å²) < 4.78 is 1.18. The zero-order chi connectivity index (χ0) is 15.4. The van der Waals surface area contributed by atoms with Gasteiger partial charge in [0, 0.05) is 5.92 Å². The molecular formula is C16H18N2O3. The van der Waals surface area contributed by atoms with Crippen molar-refractivity contribution in [2.75, 3.05) is 0 Å². The van der Waals surface area contributed by atoms with Crippen LogP contribution in [0.3, 0.4) is 0 Å². The van der Waals surface area contributed by atoms with Crippen molar-refractivity contribution < 1.29 is 9.90 Å². The normalized spacial score (nSPS) is 13.2. The minimum absolute atomic E-state index is 0.222. The number of aromatic nitrogens is 2. The highest BCUT2D eigenvalue weighted by molar-refractivity contribution is 5.87. The largest absolute Gasteiger partial charge is 0.477 e. The lowest BCUT2D eigenvalue weighted by Gasteiger charge is -2.08. The SMILES string of the molecule is CC.O=C(O)c1cc(C2CC2)nn(-c2ccccc2)c1=O. The maximum absolute atomic E-state index is 12.1. The van der Waals surface area contributed by atoms with Crippen LogP contribution in [0.5, 0.6) is 0 Å². The summed E-state index contributed by atoms with van der Waals surface area (Å²) in [4.78, 5) is 23.3. The lowest BCUT2D eigenvalue weighted by Crippen LogP contribution is -2.28. The first kappa shape index (κ1) is 15.0. The molecule has 0 amide bonds. The van der Waals surface area contributed by atoms with Gasteiger partial charge in [0.1, 0.15) is 5.56 Å².